The van der Waals surface area contributed by atoms with Crippen molar-refractivity contribution < 1.29 is 9.90 Å². The topological polar surface area (TPSA) is 66.3 Å². The Kier molecular flexibility index (Phi) is 7.92. The number of aromatic nitrogens is 2. The monoisotopic (exact) mass is 509 g/mol. The van der Waals surface area contributed by atoms with E-state index >= 15 is 0 Å². The van der Waals surface area contributed by atoms with Crippen LogP contribution in [0.5, 0.6) is 0 Å². The van der Waals surface area contributed by atoms with Crippen molar-refractivity contribution in [2.24, 2.45) is 17.8 Å². The number of carboxylic acids is 1. The van der Waals surface area contributed by atoms with Crippen molar-refractivity contribution in [3.8, 4) is 22.5 Å². The van der Waals surface area contributed by atoms with E-state index in [0.29, 0.717) is 24.9 Å². The Morgan fingerprint density at radius 3 is 2.11 bits per heavy atom. The summed E-state index contributed by atoms with van der Waals surface area (Å²) >= 11 is 0. The number of rotatable bonds is 9. The molecule has 1 saturated heterocycles. The molecule has 0 spiro atoms. The first-order valence-electron chi connectivity index (χ1n) is 14.1. The summed E-state index contributed by atoms with van der Waals surface area (Å²) < 4.78 is 0. The van der Waals surface area contributed by atoms with Gasteiger partial charge >= 0.3 is 5.97 Å². The highest BCUT2D eigenvalue weighted by atomic mass is 16.4. The first-order valence-corrected chi connectivity index (χ1v) is 14.1. The smallest absolute Gasteiger partial charge is 0.310 e. The molecule has 1 atom stereocenters. The highest BCUT2D eigenvalue weighted by Gasteiger charge is 2.35. The molecule has 1 unspecified atom stereocenters. The van der Waals surface area contributed by atoms with Crippen molar-refractivity contribution in [2.45, 2.75) is 58.3 Å². The predicted molar refractivity (Wildman–Crippen MR) is 153 cm³/mol. The molecule has 38 heavy (non-hydrogen) atoms. The van der Waals surface area contributed by atoms with Crippen LogP contribution in [0, 0.1) is 17.8 Å². The van der Waals surface area contributed by atoms with Crippen molar-refractivity contribution in [1.82, 2.24) is 14.9 Å². The number of carbonyl (C=O) groups is 1. The van der Waals surface area contributed by atoms with Crippen molar-refractivity contribution in [1.29, 1.82) is 0 Å². The van der Waals surface area contributed by atoms with E-state index in [1.807, 2.05) is 12.4 Å². The van der Waals surface area contributed by atoms with Crippen LogP contribution in [0.25, 0.3) is 22.5 Å². The molecule has 5 rings (SSSR count). The quantitative estimate of drug-likeness (QED) is 0.330. The van der Waals surface area contributed by atoms with Gasteiger partial charge in [0, 0.05) is 48.2 Å². The summed E-state index contributed by atoms with van der Waals surface area (Å²) in [4.78, 5) is 22.6. The molecule has 2 aliphatic rings. The molecular formula is C33H39N3O2. The van der Waals surface area contributed by atoms with Gasteiger partial charge in [-0.1, -0.05) is 88.2 Å². The van der Waals surface area contributed by atoms with Gasteiger partial charge in [0.2, 0.25) is 0 Å². The fourth-order valence-corrected chi connectivity index (χ4v) is 5.90. The Bertz CT molecular complexity index is 1240. The SMILES string of the molecule is C=C(C(Cc1ccc(-c2ncc(-c3ccc(C4CCCCC4)cc3)cn2)cc1)C(C)C)N1CC(C(=O)O)C1. The van der Waals surface area contributed by atoms with E-state index in [1.165, 1.54) is 43.2 Å². The molecule has 2 heterocycles. The van der Waals surface area contributed by atoms with E-state index in [0.717, 1.165) is 34.6 Å². The molecule has 1 aliphatic carbocycles. The molecule has 0 bridgehead atoms. The highest BCUT2D eigenvalue weighted by Crippen LogP contribution is 2.34. The second kappa shape index (κ2) is 11.5. The largest absolute Gasteiger partial charge is 0.481 e. The number of aliphatic carboxylic acids is 1. The molecule has 5 heteroatoms. The average molecular weight is 510 g/mol. The zero-order valence-electron chi connectivity index (χ0n) is 22.6. The molecule has 1 N–H and O–H groups in total. The minimum atomic E-state index is -0.714. The van der Waals surface area contributed by atoms with Crippen LogP contribution in [0.1, 0.15) is 63.0 Å². The van der Waals surface area contributed by atoms with Gasteiger partial charge in [-0.15, -0.1) is 0 Å². The second-order valence-electron chi connectivity index (χ2n) is 11.4. The number of benzene rings is 2. The Balaban J connectivity index is 1.21. The van der Waals surface area contributed by atoms with Gasteiger partial charge in [0.1, 0.15) is 0 Å². The summed E-state index contributed by atoms with van der Waals surface area (Å²) in [6, 6.07) is 17.5. The lowest BCUT2D eigenvalue weighted by Crippen LogP contribution is -2.50. The van der Waals surface area contributed by atoms with Crippen LogP contribution < -0.4 is 0 Å². The van der Waals surface area contributed by atoms with Crippen LogP contribution in [0.15, 0.2) is 73.2 Å². The number of carboxylic acid groups (broad SMARTS) is 1. The van der Waals surface area contributed by atoms with Gasteiger partial charge in [0.15, 0.2) is 5.82 Å². The van der Waals surface area contributed by atoms with Gasteiger partial charge in [-0.05, 0) is 47.8 Å². The van der Waals surface area contributed by atoms with Gasteiger partial charge in [-0.2, -0.15) is 0 Å². The molecule has 2 aromatic carbocycles. The van der Waals surface area contributed by atoms with E-state index in [9.17, 15) is 9.90 Å². The molecule has 0 radical (unpaired) electrons. The molecule has 1 aromatic heterocycles. The lowest BCUT2D eigenvalue weighted by Gasteiger charge is -2.43. The predicted octanol–water partition coefficient (Wildman–Crippen LogP) is 7.20. The van der Waals surface area contributed by atoms with Gasteiger partial charge in [-0.3, -0.25) is 4.79 Å². The molecule has 5 nitrogen and oxygen atoms in total. The first kappa shape index (κ1) is 26.1. The molecule has 3 aromatic rings. The molecule has 0 amide bonds. The van der Waals surface area contributed by atoms with E-state index in [1.54, 1.807) is 0 Å². The molecule has 1 aliphatic heterocycles. The number of hydrogen-bond acceptors (Lipinski definition) is 4. The normalized spacial score (nSPS) is 17.3. The zero-order valence-corrected chi connectivity index (χ0v) is 22.6. The Morgan fingerprint density at radius 1 is 0.921 bits per heavy atom. The highest BCUT2D eigenvalue weighted by molar-refractivity contribution is 5.71. The van der Waals surface area contributed by atoms with Gasteiger partial charge in [0.25, 0.3) is 0 Å². The summed E-state index contributed by atoms with van der Waals surface area (Å²) in [5.41, 5.74) is 6.94. The second-order valence-corrected chi connectivity index (χ2v) is 11.4. The Hall–Kier alpha value is -3.47. The minimum absolute atomic E-state index is 0.272. The fraction of sp³-hybridized carbons (Fsp3) is 0.424. The molecule has 2 fully saturated rings. The standard InChI is InChI=1S/C33H39N3O2/c1-22(2)31(23(3)36-20-30(21-36)33(37)38)17-24-9-11-28(12-10-24)32-34-18-29(19-35-32)27-15-13-26(14-16-27)25-7-5-4-6-8-25/h9-16,18-19,22,25,30-31H,3-8,17,20-21H2,1-2H3,(H,37,38). The van der Waals surface area contributed by atoms with Crippen molar-refractivity contribution in [2.75, 3.05) is 13.1 Å². The number of allylic oxidation sites excluding steroid dienone is 1. The summed E-state index contributed by atoms with van der Waals surface area (Å²) in [6.07, 6.45) is 11.4. The van der Waals surface area contributed by atoms with Crippen molar-refractivity contribution >= 4 is 5.97 Å². The van der Waals surface area contributed by atoms with Crippen LogP contribution in [-0.2, 0) is 11.2 Å². The number of hydrogen-bond donors (Lipinski definition) is 1. The lowest BCUT2D eigenvalue weighted by molar-refractivity contribution is -0.146. The van der Waals surface area contributed by atoms with Gasteiger partial charge in [0.05, 0.1) is 5.92 Å². The van der Waals surface area contributed by atoms with Crippen LogP contribution in [0.4, 0.5) is 0 Å². The minimum Gasteiger partial charge on any atom is -0.481 e. The summed E-state index contributed by atoms with van der Waals surface area (Å²) in [5, 5.41) is 9.20. The van der Waals surface area contributed by atoms with Crippen molar-refractivity contribution in [3.63, 3.8) is 0 Å². The molecule has 1 saturated carbocycles. The number of nitrogens with zero attached hydrogens (tertiary/aromatic N) is 3. The van der Waals surface area contributed by atoms with E-state index in [-0.39, 0.29) is 11.8 Å². The van der Waals surface area contributed by atoms with E-state index in [2.05, 4.69) is 83.8 Å². The maximum absolute atomic E-state index is 11.2. The Labute approximate surface area is 226 Å². The van der Waals surface area contributed by atoms with Crippen LogP contribution >= 0.6 is 0 Å². The van der Waals surface area contributed by atoms with E-state index < -0.39 is 5.97 Å². The summed E-state index contributed by atoms with van der Waals surface area (Å²) in [5.74, 6) is 1.14. The zero-order chi connectivity index (χ0) is 26.6. The van der Waals surface area contributed by atoms with Gasteiger partial charge < -0.3 is 10.0 Å². The maximum Gasteiger partial charge on any atom is 0.310 e. The van der Waals surface area contributed by atoms with Crippen LogP contribution in [-0.4, -0.2) is 39.0 Å². The fourth-order valence-electron chi connectivity index (χ4n) is 5.90. The van der Waals surface area contributed by atoms with E-state index in [4.69, 9.17) is 0 Å². The molecule has 198 valence electrons. The first-order chi connectivity index (χ1) is 18.4. The maximum atomic E-state index is 11.2. The third kappa shape index (κ3) is 5.82. The van der Waals surface area contributed by atoms with Gasteiger partial charge in [-0.25, -0.2) is 9.97 Å². The summed E-state index contributed by atoms with van der Waals surface area (Å²) in [6.45, 7) is 9.87. The average Bonchev–Trinajstić information content (AvgIpc) is 2.91. The number of likely N-dealkylation sites (tertiary alicyclic amines) is 1. The lowest BCUT2D eigenvalue weighted by atomic mass is 9.84. The van der Waals surface area contributed by atoms with Crippen molar-refractivity contribution in [3.05, 3.63) is 84.3 Å². The summed E-state index contributed by atoms with van der Waals surface area (Å²) in [7, 11) is 0. The Morgan fingerprint density at radius 2 is 1.53 bits per heavy atom. The van der Waals surface area contributed by atoms with Crippen LogP contribution in [0.2, 0.25) is 0 Å². The third-order valence-electron chi connectivity index (χ3n) is 8.51. The third-order valence-corrected chi connectivity index (χ3v) is 8.51. The van der Waals surface area contributed by atoms with Crippen LogP contribution in [0.3, 0.4) is 0 Å². The molecular weight excluding hydrogens is 470 g/mol.